The summed E-state index contributed by atoms with van der Waals surface area (Å²) in [5.41, 5.74) is 0.906. The highest BCUT2D eigenvalue weighted by Crippen LogP contribution is 2.30. The van der Waals surface area contributed by atoms with Crippen molar-refractivity contribution < 1.29 is 9.53 Å². The first kappa shape index (κ1) is 18.9. The van der Waals surface area contributed by atoms with Crippen LogP contribution in [0.25, 0.3) is 6.08 Å². The lowest BCUT2D eigenvalue weighted by Crippen LogP contribution is -2.14. The Morgan fingerprint density at radius 3 is 2.60 bits per heavy atom. The van der Waals surface area contributed by atoms with Gasteiger partial charge in [0.2, 0.25) is 0 Å². The van der Waals surface area contributed by atoms with Crippen LogP contribution in [-0.2, 0) is 4.79 Å². The van der Waals surface area contributed by atoms with Crippen molar-refractivity contribution in [1.82, 2.24) is 0 Å². The fourth-order valence-electron chi connectivity index (χ4n) is 2.06. The number of rotatable bonds is 5. The van der Waals surface area contributed by atoms with E-state index in [-0.39, 0.29) is 16.7 Å². The van der Waals surface area contributed by atoms with E-state index in [4.69, 9.17) is 27.9 Å². The van der Waals surface area contributed by atoms with Gasteiger partial charge in [0.05, 0.1) is 21.8 Å². The number of nitrogens with one attached hydrogen (secondary N) is 1. The van der Waals surface area contributed by atoms with E-state index in [1.54, 1.807) is 36.4 Å². The lowest BCUT2D eigenvalue weighted by atomic mass is 10.1. The number of hydrogen-bond acceptors (Lipinski definition) is 3. The van der Waals surface area contributed by atoms with Gasteiger partial charge in [0.25, 0.3) is 5.91 Å². The molecule has 2 aromatic rings. The molecule has 0 bridgehead atoms. The Labute approximate surface area is 156 Å². The molecule has 25 heavy (non-hydrogen) atoms. The van der Waals surface area contributed by atoms with Crippen LogP contribution >= 0.6 is 23.2 Å². The Hall–Kier alpha value is -2.48. The number of carbonyl (C=O) groups is 1. The van der Waals surface area contributed by atoms with Crippen molar-refractivity contribution in [2.75, 3.05) is 5.32 Å². The van der Waals surface area contributed by atoms with E-state index >= 15 is 0 Å². The molecule has 0 aromatic heterocycles. The molecule has 2 aromatic carbocycles. The number of nitrogens with zero attached hydrogens (tertiary/aromatic N) is 1. The Kier molecular flexibility index (Phi) is 6.46. The van der Waals surface area contributed by atoms with Crippen LogP contribution in [-0.4, -0.2) is 12.0 Å². The highest BCUT2D eigenvalue weighted by molar-refractivity contribution is 6.44. The minimum atomic E-state index is -0.578. The monoisotopic (exact) mass is 374 g/mol. The first-order valence-electron chi connectivity index (χ1n) is 7.55. The number of halogens is 2. The van der Waals surface area contributed by atoms with Crippen LogP contribution in [0.5, 0.6) is 5.75 Å². The van der Waals surface area contributed by atoms with Gasteiger partial charge in [0.1, 0.15) is 17.4 Å². The van der Waals surface area contributed by atoms with Crippen LogP contribution in [0.3, 0.4) is 0 Å². The second kappa shape index (κ2) is 8.57. The molecule has 0 spiro atoms. The van der Waals surface area contributed by atoms with Crippen LogP contribution in [0.2, 0.25) is 10.0 Å². The molecule has 0 atom stereocenters. The third kappa shape index (κ3) is 4.99. The van der Waals surface area contributed by atoms with Crippen molar-refractivity contribution in [3.63, 3.8) is 0 Å². The summed E-state index contributed by atoms with van der Waals surface area (Å²) < 4.78 is 5.70. The van der Waals surface area contributed by atoms with Crippen LogP contribution in [0.4, 0.5) is 5.69 Å². The van der Waals surface area contributed by atoms with Gasteiger partial charge < -0.3 is 10.1 Å². The molecule has 2 rings (SSSR count). The zero-order valence-corrected chi connectivity index (χ0v) is 15.2. The molecular formula is C19H16Cl2N2O2. The molecule has 0 aliphatic rings. The van der Waals surface area contributed by atoms with Crippen molar-refractivity contribution in [3.8, 4) is 11.8 Å². The second-order valence-corrected chi connectivity index (χ2v) is 6.21. The Balaban J connectivity index is 2.30. The van der Waals surface area contributed by atoms with Gasteiger partial charge in [0.15, 0.2) is 0 Å². The molecule has 4 nitrogen and oxygen atoms in total. The molecule has 0 heterocycles. The highest BCUT2D eigenvalue weighted by Gasteiger charge is 2.14. The van der Waals surface area contributed by atoms with Gasteiger partial charge in [0, 0.05) is 5.56 Å². The number of hydrogen-bond donors (Lipinski definition) is 1. The van der Waals surface area contributed by atoms with Gasteiger partial charge in [-0.2, -0.15) is 5.26 Å². The maximum absolute atomic E-state index is 12.4. The van der Waals surface area contributed by atoms with E-state index in [0.717, 1.165) is 0 Å². The average molecular weight is 375 g/mol. The van der Waals surface area contributed by atoms with E-state index in [2.05, 4.69) is 5.32 Å². The molecule has 1 N–H and O–H groups in total. The van der Waals surface area contributed by atoms with Gasteiger partial charge in [-0.3, -0.25) is 4.79 Å². The molecule has 0 fully saturated rings. The molecular weight excluding hydrogens is 359 g/mol. The summed E-state index contributed by atoms with van der Waals surface area (Å²) in [6.45, 7) is 3.80. The lowest BCUT2D eigenvalue weighted by molar-refractivity contribution is -0.112. The minimum Gasteiger partial charge on any atom is -0.490 e. The predicted octanol–water partition coefficient (Wildman–Crippen LogP) is 5.33. The largest absolute Gasteiger partial charge is 0.490 e. The van der Waals surface area contributed by atoms with Crippen LogP contribution in [0.1, 0.15) is 19.4 Å². The maximum atomic E-state index is 12.4. The molecule has 0 aliphatic carbocycles. The second-order valence-electron chi connectivity index (χ2n) is 5.43. The standard InChI is InChI=1S/C19H16Cl2N2O2/c1-12(2)25-17-9-4-3-6-13(17)10-14(11-22)19(24)23-16-8-5-7-15(20)18(16)21/h3-10,12H,1-2H3,(H,23,24)/b14-10-. The fourth-order valence-corrected chi connectivity index (χ4v) is 2.40. The summed E-state index contributed by atoms with van der Waals surface area (Å²) in [5.74, 6) is 0.0184. The quantitative estimate of drug-likeness (QED) is 0.568. The summed E-state index contributed by atoms with van der Waals surface area (Å²) >= 11 is 12.0. The minimum absolute atomic E-state index is 0.0285. The van der Waals surface area contributed by atoms with Gasteiger partial charge in [-0.1, -0.05) is 47.5 Å². The van der Waals surface area contributed by atoms with Crippen LogP contribution < -0.4 is 10.1 Å². The smallest absolute Gasteiger partial charge is 0.266 e. The molecule has 0 unspecified atom stereocenters. The number of anilines is 1. The molecule has 1 amide bonds. The average Bonchev–Trinajstić information content (AvgIpc) is 2.57. The summed E-state index contributed by atoms with van der Waals surface area (Å²) in [4.78, 5) is 12.4. The van der Waals surface area contributed by atoms with E-state index in [9.17, 15) is 10.1 Å². The van der Waals surface area contributed by atoms with E-state index in [1.807, 2.05) is 26.0 Å². The lowest BCUT2D eigenvalue weighted by Gasteiger charge is -2.12. The molecule has 0 saturated heterocycles. The molecule has 6 heteroatoms. The van der Waals surface area contributed by atoms with E-state index < -0.39 is 5.91 Å². The number of para-hydroxylation sites is 1. The summed E-state index contributed by atoms with van der Waals surface area (Å²) in [6, 6.07) is 14.0. The van der Waals surface area contributed by atoms with Gasteiger partial charge in [-0.15, -0.1) is 0 Å². The number of benzene rings is 2. The summed E-state index contributed by atoms with van der Waals surface area (Å²) in [5, 5.41) is 12.5. The van der Waals surface area contributed by atoms with Gasteiger partial charge in [-0.25, -0.2) is 0 Å². The van der Waals surface area contributed by atoms with E-state index in [0.29, 0.717) is 22.0 Å². The molecule has 0 aliphatic heterocycles. The number of ether oxygens (including phenoxy) is 1. The SMILES string of the molecule is CC(C)Oc1ccccc1/C=C(/C#N)C(=O)Nc1cccc(Cl)c1Cl. The number of amides is 1. The van der Waals surface area contributed by atoms with Crippen molar-refractivity contribution in [2.45, 2.75) is 20.0 Å². The number of carbonyl (C=O) groups excluding carboxylic acids is 1. The van der Waals surface area contributed by atoms with Crippen molar-refractivity contribution in [3.05, 3.63) is 63.6 Å². The fraction of sp³-hybridized carbons (Fsp3) is 0.158. The summed E-state index contributed by atoms with van der Waals surface area (Å²) in [6.07, 6.45) is 1.45. The zero-order chi connectivity index (χ0) is 18.4. The van der Waals surface area contributed by atoms with Crippen molar-refractivity contribution >= 4 is 40.9 Å². The van der Waals surface area contributed by atoms with Crippen LogP contribution in [0, 0.1) is 11.3 Å². The predicted molar refractivity (Wildman–Crippen MR) is 101 cm³/mol. The summed E-state index contributed by atoms with van der Waals surface area (Å²) in [7, 11) is 0. The molecule has 0 saturated carbocycles. The zero-order valence-electron chi connectivity index (χ0n) is 13.7. The Morgan fingerprint density at radius 2 is 1.92 bits per heavy atom. The Bertz CT molecular complexity index is 855. The van der Waals surface area contributed by atoms with Gasteiger partial charge in [-0.05, 0) is 38.1 Å². The molecule has 0 radical (unpaired) electrons. The highest BCUT2D eigenvalue weighted by atomic mass is 35.5. The number of nitriles is 1. The first-order chi connectivity index (χ1) is 11.9. The van der Waals surface area contributed by atoms with Crippen LogP contribution in [0.15, 0.2) is 48.0 Å². The normalized spacial score (nSPS) is 11.1. The first-order valence-corrected chi connectivity index (χ1v) is 8.30. The van der Waals surface area contributed by atoms with Crippen molar-refractivity contribution in [1.29, 1.82) is 5.26 Å². The third-order valence-electron chi connectivity index (χ3n) is 3.15. The van der Waals surface area contributed by atoms with Gasteiger partial charge >= 0.3 is 0 Å². The Morgan fingerprint density at radius 1 is 1.20 bits per heavy atom. The van der Waals surface area contributed by atoms with Crippen molar-refractivity contribution in [2.24, 2.45) is 0 Å². The maximum Gasteiger partial charge on any atom is 0.266 e. The molecule has 128 valence electrons. The third-order valence-corrected chi connectivity index (χ3v) is 3.97. The topological polar surface area (TPSA) is 62.1 Å². The van der Waals surface area contributed by atoms with E-state index in [1.165, 1.54) is 6.08 Å².